The smallest absolute Gasteiger partial charge is 0.331 e. The molecule has 8 heteroatoms. The number of urea groups is 1. The van der Waals surface area contributed by atoms with E-state index in [0.29, 0.717) is 23.7 Å². The van der Waals surface area contributed by atoms with Crippen LogP contribution in [0, 0.1) is 0 Å². The third kappa shape index (κ3) is 5.04. The maximum atomic E-state index is 13.2. The Morgan fingerprint density at radius 3 is 2.57 bits per heavy atom. The average Bonchev–Trinajstić information content (AvgIpc) is 3.40. The van der Waals surface area contributed by atoms with Crippen LogP contribution in [0.3, 0.4) is 0 Å². The van der Waals surface area contributed by atoms with Crippen LogP contribution < -0.4 is 14.8 Å². The standard InChI is InChI=1S/C29H27ClN2O5/c1-2-36-25-16-18(14-23-27(33)31-29(35)32(28(23)34)21-11-4-5-12-21)15-24(30)26(25)37-17-20-10-7-9-19-8-3-6-13-22(19)20/h3,6-10,13-16,21H,2,4-5,11-12,17H2,1H3,(H,31,33,35)/b23-14+. The van der Waals surface area contributed by atoms with E-state index in [-0.39, 0.29) is 23.2 Å². The topological polar surface area (TPSA) is 84.9 Å². The molecule has 1 saturated carbocycles. The van der Waals surface area contributed by atoms with Gasteiger partial charge in [-0.2, -0.15) is 0 Å². The van der Waals surface area contributed by atoms with Gasteiger partial charge in [0.2, 0.25) is 0 Å². The summed E-state index contributed by atoms with van der Waals surface area (Å²) in [5.74, 6) is -0.545. The molecule has 5 rings (SSSR count). The SMILES string of the molecule is CCOc1cc(/C=C2\C(=O)NC(=O)N(C3CCCC3)C2=O)cc(Cl)c1OCc1cccc2ccccc12. The predicted octanol–water partition coefficient (Wildman–Crippen LogP) is 5.88. The number of carbonyl (C=O) groups is 3. The highest BCUT2D eigenvalue weighted by Crippen LogP contribution is 2.38. The van der Waals surface area contributed by atoms with Gasteiger partial charge in [0.05, 0.1) is 11.6 Å². The molecule has 0 spiro atoms. The number of ether oxygens (including phenoxy) is 2. The Hall–Kier alpha value is -3.84. The Kier molecular flexibility index (Phi) is 7.15. The molecular formula is C29H27ClN2O5. The summed E-state index contributed by atoms with van der Waals surface area (Å²) in [6.07, 6.45) is 4.81. The van der Waals surface area contributed by atoms with Gasteiger partial charge < -0.3 is 9.47 Å². The number of carbonyl (C=O) groups excluding carboxylic acids is 3. The van der Waals surface area contributed by atoms with Gasteiger partial charge in [0, 0.05) is 6.04 Å². The molecule has 0 radical (unpaired) electrons. The summed E-state index contributed by atoms with van der Waals surface area (Å²) in [6, 6.07) is 16.5. The van der Waals surface area contributed by atoms with Crippen molar-refractivity contribution in [1.29, 1.82) is 0 Å². The zero-order valence-corrected chi connectivity index (χ0v) is 21.2. The first-order chi connectivity index (χ1) is 18.0. The molecule has 1 heterocycles. The summed E-state index contributed by atoms with van der Waals surface area (Å²) in [5, 5.41) is 4.78. The van der Waals surface area contributed by atoms with E-state index in [4.69, 9.17) is 21.1 Å². The van der Waals surface area contributed by atoms with Crippen molar-refractivity contribution in [1.82, 2.24) is 10.2 Å². The van der Waals surface area contributed by atoms with Crippen LogP contribution in [-0.4, -0.2) is 35.4 Å². The molecule has 0 unspecified atom stereocenters. The molecule has 4 amide bonds. The molecule has 7 nitrogen and oxygen atoms in total. The Morgan fingerprint density at radius 2 is 1.78 bits per heavy atom. The number of fused-ring (bicyclic) bond motifs is 1. The third-order valence-corrected chi connectivity index (χ3v) is 7.00. The second kappa shape index (κ2) is 10.6. The van der Waals surface area contributed by atoms with Crippen LogP contribution in [0.4, 0.5) is 4.79 Å². The Labute approximate surface area is 220 Å². The van der Waals surface area contributed by atoms with Crippen LogP contribution >= 0.6 is 11.6 Å². The van der Waals surface area contributed by atoms with Crippen molar-refractivity contribution >= 4 is 46.3 Å². The number of hydrogen-bond donors (Lipinski definition) is 1. The first kappa shape index (κ1) is 24.8. The lowest BCUT2D eigenvalue weighted by molar-refractivity contribution is -0.131. The van der Waals surface area contributed by atoms with Crippen molar-refractivity contribution in [2.75, 3.05) is 6.61 Å². The zero-order chi connectivity index (χ0) is 25.9. The molecule has 2 fully saturated rings. The lowest BCUT2D eigenvalue weighted by atomic mass is 10.0. The molecule has 0 atom stereocenters. The summed E-state index contributed by atoms with van der Waals surface area (Å²) in [6.45, 7) is 2.49. The minimum Gasteiger partial charge on any atom is -0.490 e. The second-order valence-electron chi connectivity index (χ2n) is 9.12. The maximum Gasteiger partial charge on any atom is 0.331 e. The molecule has 1 aliphatic heterocycles. The highest BCUT2D eigenvalue weighted by atomic mass is 35.5. The highest BCUT2D eigenvalue weighted by Gasteiger charge is 2.40. The molecular weight excluding hydrogens is 492 g/mol. The van der Waals surface area contributed by atoms with E-state index in [2.05, 4.69) is 5.32 Å². The van der Waals surface area contributed by atoms with Gasteiger partial charge in [-0.3, -0.25) is 19.8 Å². The number of halogens is 1. The van der Waals surface area contributed by atoms with E-state index in [1.54, 1.807) is 12.1 Å². The maximum absolute atomic E-state index is 13.2. The monoisotopic (exact) mass is 518 g/mol. The van der Waals surface area contributed by atoms with E-state index < -0.39 is 17.8 Å². The van der Waals surface area contributed by atoms with Crippen molar-refractivity contribution < 1.29 is 23.9 Å². The van der Waals surface area contributed by atoms with Crippen molar-refractivity contribution in [3.8, 4) is 11.5 Å². The van der Waals surface area contributed by atoms with Crippen molar-refractivity contribution in [3.05, 3.63) is 76.3 Å². The average molecular weight is 519 g/mol. The molecule has 190 valence electrons. The summed E-state index contributed by atoms with van der Waals surface area (Å²) in [4.78, 5) is 39.3. The van der Waals surface area contributed by atoms with Gasteiger partial charge in [-0.1, -0.05) is 66.9 Å². The fraction of sp³-hybridized carbons (Fsp3) is 0.276. The van der Waals surface area contributed by atoms with E-state index in [1.807, 2.05) is 49.4 Å². The molecule has 2 aliphatic rings. The molecule has 3 aromatic rings. The molecule has 1 N–H and O–H groups in total. The predicted molar refractivity (Wildman–Crippen MR) is 142 cm³/mol. The number of nitrogens with one attached hydrogen (secondary N) is 1. The number of amides is 4. The first-order valence-corrected chi connectivity index (χ1v) is 12.8. The van der Waals surface area contributed by atoms with Crippen molar-refractivity contribution in [3.63, 3.8) is 0 Å². The molecule has 1 aliphatic carbocycles. The zero-order valence-electron chi connectivity index (χ0n) is 20.5. The fourth-order valence-corrected chi connectivity index (χ4v) is 5.25. The van der Waals surface area contributed by atoms with Crippen LogP contribution in [0.1, 0.15) is 43.7 Å². The van der Waals surface area contributed by atoms with Crippen LogP contribution in [0.15, 0.2) is 60.2 Å². The van der Waals surface area contributed by atoms with E-state index in [1.165, 1.54) is 11.0 Å². The second-order valence-corrected chi connectivity index (χ2v) is 9.53. The Balaban J connectivity index is 1.44. The van der Waals surface area contributed by atoms with E-state index in [9.17, 15) is 14.4 Å². The van der Waals surface area contributed by atoms with Gasteiger partial charge in [-0.05, 0) is 59.9 Å². The van der Waals surface area contributed by atoms with Gasteiger partial charge >= 0.3 is 6.03 Å². The fourth-order valence-electron chi connectivity index (χ4n) is 4.97. The lowest BCUT2D eigenvalue weighted by Gasteiger charge is -2.31. The summed E-state index contributed by atoms with van der Waals surface area (Å²) in [7, 11) is 0. The number of nitrogens with zero attached hydrogens (tertiary/aromatic N) is 1. The molecule has 0 bridgehead atoms. The quantitative estimate of drug-likeness (QED) is 0.312. The van der Waals surface area contributed by atoms with Gasteiger partial charge in [-0.25, -0.2) is 4.79 Å². The summed E-state index contributed by atoms with van der Waals surface area (Å²) >= 11 is 6.62. The van der Waals surface area contributed by atoms with Gasteiger partial charge in [0.1, 0.15) is 12.2 Å². The number of imide groups is 2. The highest BCUT2D eigenvalue weighted by molar-refractivity contribution is 6.33. The van der Waals surface area contributed by atoms with Gasteiger partial charge in [0.15, 0.2) is 11.5 Å². The van der Waals surface area contributed by atoms with Gasteiger partial charge in [-0.15, -0.1) is 0 Å². The number of benzene rings is 3. The first-order valence-electron chi connectivity index (χ1n) is 12.4. The molecule has 3 aromatic carbocycles. The summed E-state index contributed by atoms with van der Waals surface area (Å²) in [5.41, 5.74) is 1.38. The number of rotatable bonds is 7. The Bertz CT molecular complexity index is 1410. The number of barbiturate groups is 1. The molecule has 1 saturated heterocycles. The Morgan fingerprint density at radius 1 is 1.03 bits per heavy atom. The normalized spacial score (nSPS) is 17.5. The van der Waals surface area contributed by atoms with Crippen LogP contribution in [-0.2, 0) is 16.2 Å². The van der Waals surface area contributed by atoms with E-state index in [0.717, 1.165) is 42.0 Å². The van der Waals surface area contributed by atoms with Crippen LogP contribution in [0.2, 0.25) is 5.02 Å². The minimum atomic E-state index is -0.727. The molecule has 0 aromatic heterocycles. The number of hydrogen-bond acceptors (Lipinski definition) is 5. The van der Waals surface area contributed by atoms with Crippen LogP contribution in [0.25, 0.3) is 16.8 Å². The van der Waals surface area contributed by atoms with E-state index >= 15 is 0 Å². The summed E-state index contributed by atoms with van der Waals surface area (Å²) < 4.78 is 11.9. The third-order valence-electron chi connectivity index (χ3n) is 6.72. The van der Waals surface area contributed by atoms with Gasteiger partial charge in [0.25, 0.3) is 11.8 Å². The lowest BCUT2D eigenvalue weighted by Crippen LogP contribution is -2.57. The van der Waals surface area contributed by atoms with Crippen LogP contribution in [0.5, 0.6) is 11.5 Å². The largest absolute Gasteiger partial charge is 0.490 e. The minimum absolute atomic E-state index is 0.116. The van der Waals surface area contributed by atoms with Crippen molar-refractivity contribution in [2.24, 2.45) is 0 Å². The van der Waals surface area contributed by atoms with Crippen molar-refractivity contribution in [2.45, 2.75) is 45.3 Å². The molecule has 37 heavy (non-hydrogen) atoms.